The molecule has 0 aromatic heterocycles. The molecule has 0 amide bonds. The predicted molar refractivity (Wildman–Crippen MR) is 214 cm³/mol. The Morgan fingerprint density at radius 1 is 0.327 bits per heavy atom. The molecule has 0 saturated heterocycles. The summed E-state index contributed by atoms with van der Waals surface area (Å²) in [5, 5.41) is 0. The van der Waals surface area contributed by atoms with Crippen molar-refractivity contribution in [2.45, 2.75) is 17.8 Å². The topological polar surface area (TPSA) is 3.24 Å². The third-order valence-electron chi connectivity index (χ3n) is 12.7. The van der Waals surface area contributed by atoms with Gasteiger partial charge in [0.1, 0.15) is 0 Å². The van der Waals surface area contributed by atoms with Gasteiger partial charge in [-0.25, -0.2) is 0 Å². The fourth-order valence-electron chi connectivity index (χ4n) is 10.4. The quantitative estimate of drug-likeness (QED) is 0.179. The first-order valence-corrected chi connectivity index (χ1v) is 18.3. The van der Waals surface area contributed by atoms with E-state index in [1.165, 1.54) is 94.8 Å². The van der Waals surface area contributed by atoms with Crippen LogP contribution in [0.25, 0.3) is 44.5 Å². The molecular weight excluding hydrogens is 627 g/mol. The lowest BCUT2D eigenvalue weighted by Gasteiger charge is -2.35. The summed E-state index contributed by atoms with van der Waals surface area (Å²) in [5.41, 5.74) is 22.6. The summed E-state index contributed by atoms with van der Waals surface area (Å²) >= 11 is 0. The highest BCUT2D eigenvalue weighted by Gasteiger charge is 2.53. The lowest BCUT2D eigenvalue weighted by Crippen LogP contribution is -2.28. The average Bonchev–Trinajstić information content (AvgIpc) is 3.77. The molecule has 1 spiro atoms. The number of fused-ring (bicyclic) bond motifs is 11. The molecule has 1 aliphatic heterocycles. The van der Waals surface area contributed by atoms with Crippen molar-refractivity contribution in [1.29, 1.82) is 0 Å². The van der Waals surface area contributed by atoms with Crippen LogP contribution in [0.4, 0.5) is 17.1 Å². The Hall–Kier alpha value is -6.44. The molecule has 0 fully saturated rings. The molecule has 2 unspecified atom stereocenters. The lowest BCUT2D eigenvalue weighted by molar-refractivity contribution is 0.706. The van der Waals surface area contributed by atoms with Crippen molar-refractivity contribution in [3.05, 3.63) is 221 Å². The summed E-state index contributed by atoms with van der Waals surface area (Å²) in [6.45, 7) is 2.45. The van der Waals surface area contributed by atoms with Crippen LogP contribution >= 0.6 is 0 Å². The van der Waals surface area contributed by atoms with E-state index in [1.807, 2.05) is 0 Å². The van der Waals surface area contributed by atoms with E-state index in [2.05, 4.69) is 194 Å². The van der Waals surface area contributed by atoms with Crippen LogP contribution in [0, 0.1) is 0 Å². The minimum atomic E-state index is -0.434. The van der Waals surface area contributed by atoms with Crippen LogP contribution in [0.5, 0.6) is 0 Å². The number of anilines is 3. The van der Waals surface area contributed by atoms with E-state index >= 15 is 0 Å². The number of rotatable bonds is 2. The van der Waals surface area contributed by atoms with Crippen LogP contribution in [-0.4, -0.2) is 0 Å². The normalized spacial score (nSPS) is 19.0. The Labute approximate surface area is 304 Å². The van der Waals surface area contributed by atoms with Crippen molar-refractivity contribution in [2.24, 2.45) is 0 Å². The number of nitrogens with zero attached hydrogens (tertiary/aromatic N) is 1. The molecule has 4 aliphatic rings. The van der Waals surface area contributed by atoms with Gasteiger partial charge in [0.15, 0.2) is 0 Å². The second-order valence-electron chi connectivity index (χ2n) is 15.0. The molecule has 8 aromatic rings. The minimum Gasteiger partial charge on any atom is -0.310 e. The molecule has 1 nitrogen and oxygen atoms in total. The van der Waals surface area contributed by atoms with Gasteiger partial charge in [0.05, 0.1) is 5.41 Å². The minimum absolute atomic E-state index is 0.344. The molecule has 52 heavy (non-hydrogen) atoms. The van der Waals surface area contributed by atoms with E-state index in [-0.39, 0.29) is 5.41 Å². The highest BCUT2D eigenvalue weighted by Crippen LogP contribution is 2.65. The Kier molecular flexibility index (Phi) is 5.37. The highest BCUT2D eigenvalue weighted by molar-refractivity contribution is 5.97. The summed E-state index contributed by atoms with van der Waals surface area (Å²) in [6.07, 6.45) is 0. The predicted octanol–water partition coefficient (Wildman–Crippen LogP) is 12.8. The first kappa shape index (κ1) is 28.3. The maximum absolute atomic E-state index is 2.58. The Morgan fingerprint density at radius 3 is 1.42 bits per heavy atom. The van der Waals surface area contributed by atoms with Gasteiger partial charge in [0, 0.05) is 22.5 Å². The van der Waals surface area contributed by atoms with Gasteiger partial charge < -0.3 is 4.90 Å². The maximum atomic E-state index is 2.58. The van der Waals surface area contributed by atoms with Gasteiger partial charge >= 0.3 is 0 Å². The zero-order valence-corrected chi connectivity index (χ0v) is 28.8. The Balaban J connectivity index is 1.22. The van der Waals surface area contributed by atoms with E-state index in [0.29, 0.717) is 0 Å². The van der Waals surface area contributed by atoms with Crippen LogP contribution in [0.3, 0.4) is 0 Å². The van der Waals surface area contributed by atoms with E-state index in [1.54, 1.807) is 0 Å². The average molecular weight is 660 g/mol. The zero-order chi connectivity index (χ0) is 34.2. The maximum Gasteiger partial charge on any atom is 0.0726 e. The summed E-state index contributed by atoms with van der Waals surface area (Å²) in [7, 11) is 0. The number of hydrogen-bond acceptors (Lipinski definition) is 1. The summed E-state index contributed by atoms with van der Waals surface area (Å²) < 4.78 is 0. The van der Waals surface area contributed by atoms with Gasteiger partial charge in [-0.3, -0.25) is 0 Å². The van der Waals surface area contributed by atoms with Gasteiger partial charge in [-0.1, -0.05) is 146 Å². The molecule has 3 aliphatic carbocycles. The van der Waals surface area contributed by atoms with Crippen LogP contribution < -0.4 is 4.90 Å². The van der Waals surface area contributed by atoms with E-state index in [4.69, 9.17) is 0 Å². The van der Waals surface area contributed by atoms with Crippen molar-refractivity contribution >= 4 is 17.1 Å². The third-order valence-corrected chi connectivity index (χ3v) is 12.7. The lowest BCUT2D eigenvalue weighted by atomic mass is 9.68. The van der Waals surface area contributed by atoms with Crippen molar-refractivity contribution in [3.8, 4) is 44.5 Å². The van der Waals surface area contributed by atoms with Gasteiger partial charge in [0.2, 0.25) is 0 Å². The molecule has 0 radical (unpaired) electrons. The molecule has 1 heterocycles. The van der Waals surface area contributed by atoms with Crippen LogP contribution in [0.1, 0.15) is 45.9 Å². The second-order valence-corrected chi connectivity index (χ2v) is 15.0. The molecule has 8 aromatic carbocycles. The van der Waals surface area contributed by atoms with Gasteiger partial charge in [-0.2, -0.15) is 0 Å². The number of benzene rings is 8. The molecule has 0 N–H and O–H groups in total. The zero-order valence-electron chi connectivity index (χ0n) is 28.8. The molecule has 1 heteroatoms. The van der Waals surface area contributed by atoms with Crippen LogP contribution in [-0.2, 0) is 10.8 Å². The smallest absolute Gasteiger partial charge is 0.0726 e. The summed E-state index contributed by atoms with van der Waals surface area (Å²) in [6, 6.07) is 68.9. The van der Waals surface area contributed by atoms with Crippen molar-refractivity contribution in [2.75, 3.05) is 4.90 Å². The molecule has 12 rings (SSSR count). The highest BCUT2D eigenvalue weighted by atomic mass is 15.1. The van der Waals surface area contributed by atoms with Crippen molar-refractivity contribution in [1.82, 2.24) is 0 Å². The van der Waals surface area contributed by atoms with Crippen molar-refractivity contribution in [3.63, 3.8) is 0 Å². The summed E-state index contributed by atoms with van der Waals surface area (Å²) in [5.74, 6) is 0. The monoisotopic (exact) mass is 659 g/mol. The van der Waals surface area contributed by atoms with Gasteiger partial charge in [0.25, 0.3) is 0 Å². The second kappa shape index (κ2) is 9.87. The van der Waals surface area contributed by atoms with Crippen molar-refractivity contribution < 1.29 is 0 Å². The van der Waals surface area contributed by atoms with Crippen LogP contribution in [0.2, 0.25) is 0 Å². The SMILES string of the molecule is CC12c3ccc4c(c3)C3(c5ccccc5-c5ccc(cc53)N(c3ccc(-c5ccccc5)cc3)c3ccc(c1c3)-c1ccccc12)c1ccccc1-4. The molecule has 2 atom stereocenters. The standard InChI is InChI=1S/C51H33N/c1-50-34-21-26-42-39-14-6-9-17-45(39)51(48(42)29-34)46-18-10-7-15-40(46)43-28-25-37(31-49(43)51)52(35-22-19-33(20-23-35)32-11-3-2-4-12-32)36-24-27-41(47(50)30-36)38-13-5-8-16-44(38)50/h2-31H,1H3. The first-order chi connectivity index (χ1) is 25.7. The van der Waals surface area contributed by atoms with Gasteiger partial charge in [-0.05, 0) is 127 Å². The Bertz CT molecular complexity index is 2800. The van der Waals surface area contributed by atoms with E-state index in [0.717, 1.165) is 5.69 Å². The van der Waals surface area contributed by atoms with E-state index < -0.39 is 5.41 Å². The summed E-state index contributed by atoms with van der Waals surface area (Å²) in [4.78, 5) is 2.48. The first-order valence-electron chi connectivity index (χ1n) is 18.3. The Morgan fingerprint density at radius 2 is 0.769 bits per heavy atom. The van der Waals surface area contributed by atoms with Crippen LogP contribution in [0.15, 0.2) is 182 Å². The third kappa shape index (κ3) is 3.35. The molecular formula is C51H33N. The molecule has 6 bridgehead atoms. The van der Waals surface area contributed by atoms with E-state index in [9.17, 15) is 0 Å². The molecule has 242 valence electrons. The largest absolute Gasteiger partial charge is 0.310 e. The van der Waals surface area contributed by atoms with Gasteiger partial charge in [-0.15, -0.1) is 0 Å². The fraction of sp³-hybridized carbons (Fsp3) is 0.0588. The molecule has 0 saturated carbocycles. The number of hydrogen-bond donors (Lipinski definition) is 0. The fourth-order valence-corrected chi connectivity index (χ4v) is 10.4.